The summed E-state index contributed by atoms with van der Waals surface area (Å²) in [6.07, 6.45) is 21.6. The molecule has 1 fully saturated rings. The maximum atomic E-state index is 13.3. The summed E-state index contributed by atoms with van der Waals surface area (Å²) in [6.45, 7) is 0. The standard InChI is InChI=1S/C30H38F2N2O/c31-27-18-17-24(19-28(27)32)12-6-14-25(35)13-5-9-22-7-3-10-23(11-4-8-22)20-30-26-15-1-2-16-29(26)33-21-34-30/h1,15,17-19,21-23H,2-14,16,20H2. The van der Waals surface area contributed by atoms with E-state index in [1.54, 1.807) is 12.4 Å². The molecule has 2 aliphatic rings. The van der Waals surface area contributed by atoms with Crippen LogP contribution in [-0.2, 0) is 24.1 Å². The number of allylic oxidation sites excluding steroid dienone is 1. The van der Waals surface area contributed by atoms with Gasteiger partial charge in [-0.25, -0.2) is 18.7 Å². The molecule has 2 aliphatic carbocycles. The second-order valence-corrected chi connectivity index (χ2v) is 10.5. The Kier molecular flexibility index (Phi) is 9.56. The van der Waals surface area contributed by atoms with Crippen molar-refractivity contribution < 1.29 is 13.6 Å². The van der Waals surface area contributed by atoms with Gasteiger partial charge in [0.1, 0.15) is 12.1 Å². The van der Waals surface area contributed by atoms with Crippen molar-refractivity contribution in [2.45, 2.75) is 96.3 Å². The van der Waals surface area contributed by atoms with Crippen LogP contribution in [-0.4, -0.2) is 15.8 Å². The molecule has 0 spiro atoms. The summed E-state index contributed by atoms with van der Waals surface area (Å²) < 4.78 is 26.3. The predicted octanol–water partition coefficient (Wildman–Crippen LogP) is 7.61. The summed E-state index contributed by atoms with van der Waals surface area (Å²) in [5.41, 5.74) is 4.47. The van der Waals surface area contributed by atoms with E-state index in [0.717, 1.165) is 49.7 Å². The predicted molar refractivity (Wildman–Crippen MR) is 136 cm³/mol. The van der Waals surface area contributed by atoms with Crippen LogP contribution in [0.15, 0.2) is 30.6 Å². The number of ketones is 1. The largest absolute Gasteiger partial charge is 0.300 e. The van der Waals surface area contributed by atoms with E-state index in [2.05, 4.69) is 22.1 Å². The SMILES string of the molecule is O=C(CCCc1ccc(F)c(F)c1)CCCC1CCCC(Cc2ncnc3c2C=CCC3)CCC1. The minimum absolute atomic E-state index is 0.292. The van der Waals surface area contributed by atoms with Crippen molar-refractivity contribution in [1.29, 1.82) is 0 Å². The van der Waals surface area contributed by atoms with Gasteiger partial charge in [0.15, 0.2) is 11.6 Å². The fourth-order valence-electron chi connectivity index (χ4n) is 5.79. The number of carbonyl (C=O) groups excluding carboxylic acids is 1. The van der Waals surface area contributed by atoms with Crippen molar-refractivity contribution in [3.05, 3.63) is 64.8 Å². The third kappa shape index (κ3) is 7.78. The van der Waals surface area contributed by atoms with Crippen LogP contribution in [0.4, 0.5) is 8.78 Å². The zero-order valence-corrected chi connectivity index (χ0v) is 20.8. The molecule has 1 aromatic heterocycles. The number of halogens is 2. The molecular weight excluding hydrogens is 442 g/mol. The van der Waals surface area contributed by atoms with Gasteiger partial charge in [0, 0.05) is 18.4 Å². The molecule has 3 nitrogen and oxygen atoms in total. The Labute approximate surface area is 208 Å². The quantitative estimate of drug-likeness (QED) is 0.351. The first-order valence-corrected chi connectivity index (χ1v) is 13.5. The lowest BCUT2D eigenvalue weighted by Crippen LogP contribution is -2.14. The van der Waals surface area contributed by atoms with Crippen LogP contribution in [0.1, 0.15) is 99.6 Å². The van der Waals surface area contributed by atoms with Gasteiger partial charge in [-0.15, -0.1) is 0 Å². The summed E-state index contributed by atoms with van der Waals surface area (Å²) in [5.74, 6) is 0.101. The first-order chi connectivity index (χ1) is 17.1. The number of benzene rings is 1. The van der Waals surface area contributed by atoms with Crippen molar-refractivity contribution in [1.82, 2.24) is 9.97 Å². The lowest BCUT2D eigenvalue weighted by atomic mass is 9.81. The van der Waals surface area contributed by atoms with Crippen LogP contribution in [0.2, 0.25) is 0 Å². The molecule has 2 aromatic rings. The van der Waals surface area contributed by atoms with Gasteiger partial charge < -0.3 is 0 Å². The molecular formula is C30H38F2N2O. The highest BCUT2D eigenvalue weighted by molar-refractivity contribution is 5.78. The average Bonchev–Trinajstić information content (AvgIpc) is 2.84. The van der Waals surface area contributed by atoms with Crippen LogP contribution in [0.25, 0.3) is 6.08 Å². The Morgan fingerprint density at radius 1 is 0.943 bits per heavy atom. The summed E-state index contributed by atoms with van der Waals surface area (Å²) in [4.78, 5) is 21.4. The highest BCUT2D eigenvalue weighted by Gasteiger charge is 2.20. The minimum Gasteiger partial charge on any atom is -0.300 e. The molecule has 4 rings (SSSR count). The monoisotopic (exact) mass is 480 g/mol. The van der Waals surface area contributed by atoms with Crippen molar-refractivity contribution in [2.24, 2.45) is 11.8 Å². The molecule has 188 valence electrons. The number of nitrogens with zero attached hydrogens (tertiary/aromatic N) is 2. The highest BCUT2D eigenvalue weighted by Crippen LogP contribution is 2.32. The van der Waals surface area contributed by atoms with Crippen molar-refractivity contribution in [3.63, 3.8) is 0 Å². The van der Waals surface area contributed by atoms with E-state index in [1.165, 1.54) is 61.5 Å². The fourth-order valence-corrected chi connectivity index (χ4v) is 5.79. The van der Waals surface area contributed by atoms with Gasteiger partial charge >= 0.3 is 0 Å². The highest BCUT2D eigenvalue weighted by atomic mass is 19.2. The third-order valence-electron chi connectivity index (χ3n) is 7.79. The Balaban J connectivity index is 1.12. The van der Waals surface area contributed by atoms with Crippen molar-refractivity contribution in [2.75, 3.05) is 0 Å². The number of rotatable bonds is 10. The topological polar surface area (TPSA) is 42.9 Å². The summed E-state index contributed by atoms with van der Waals surface area (Å²) in [5, 5.41) is 0. The number of fused-ring (bicyclic) bond motifs is 1. The number of hydrogen-bond acceptors (Lipinski definition) is 3. The van der Waals surface area contributed by atoms with Crippen LogP contribution >= 0.6 is 0 Å². The van der Waals surface area contributed by atoms with Crippen LogP contribution in [0, 0.1) is 23.5 Å². The van der Waals surface area contributed by atoms with Crippen molar-refractivity contribution >= 4 is 11.9 Å². The van der Waals surface area contributed by atoms with E-state index >= 15 is 0 Å². The first kappa shape index (κ1) is 25.7. The maximum absolute atomic E-state index is 13.3. The molecule has 0 aliphatic heterocycles. The second kappa shape index (κ2) is 13.0. The fraction of sp³-hybridized carbons (Fsp3) is 0.567. The van der Waals surface area contributed by atoms with Crippen LogP contribution in [0.5, 0.6) is 0 Å². The third-order valence-corrected chi connectivity index (χ3v) is 7.79. The number of aromatic nitrogens is 2. The number of carbonyl (C=O) groups is 1. The molecule has 0 radical (unpaired) electrons. The Hall–Kier alpha value is -2.43. The molecule has 1 aromatic carbocycles. The van der Waals surface area contributed by atoms with Gasteiger partial charge in [-0.1, -0.05) is 63.2 Å². The number of aryl methyl sites for hydroxylation is 2. The van der Waals surface area contributed by atoms with E-state index in [-0.39, 0.29) is 0 Å². The average molecular weight is 481 g/mol. The van der Waals surface area contributed by atoms with E-state index in [0.29, 0.717) is 37.4 Å². The maximum Gasteiger partial charge on any atom is 0.159 e. The van der Waals surface area contributed by atoms with E-state index in [1.807, 2.05) is 0 Å². The summed E-state index contributed by atoms with van der Waals surface area (Å²) in [6, 6.07) is 3.99. The zero-order chi connectivity index (χ0) is 24.5. The van der Waals surface area contributed by atoms with E-state index in [4.69, 9.17) is 0 Å². The molecule has 0 N–H and O–H groups in total. The molecule has 0 amide bonds. The molecule has 5 heteroatoms. The second-order valence-electron chi connectivity index (χ2n) is 10.5. The van der Waals surface area contributed by atoms with Gasteiger partial charge in [-0.2, -0.15) is 0 Å². The molecule has 35 heavy (non-hydrogen) atoms. The van der Waals surface area contributed by atoms with Crippen LogP contribution < -0.4 is 0 Å². The Morgan fingerprint density at radius 3 is 2.51 bits per heavy atom. The van der Waals surface area contributed by atoms with Gasteiger partial charge in [0.05, 0.1) is 11.4 Å². The lowest BCUT2D eigenvalue weighted by Gasteiger charge is -2.25. The smallest absolute Gasteiger partial charge is 0.159 e. The molecule has 0 unspecified atom stereocenters. The molecule has 0 atom stereocenters. The lowest BCUT2D eigenvalue weighted by molar-refractivity contribution is -0.119. The summed E-state index contributed by atoms with van der Waals surface area (Å²) in [7, 11) is 0. The first-order valence-electron chi connectivity index (χ1n) is 13.5. The van der Waals surface area contributed by atoms with E-state index < -0.39 is 11.6 Å². The van der Waals surface area contributed by atoms with Crippen molar-refractivity contribution in [3.8, 4) is 0 Å². The Bertz CT molecular complexity index is 1010. The van der Waals surface area contributed by atoms with Crippen LogP contribution in [0.3, 0.4) is 0 Å². The number of hydrogen-bond donors (Lipinski definition) is 0. The molecule has 0 bridgehead atoms. The van der Waals surface area contributed by atoms with E-state index in [9.17, 15) is 13.6 Å². The van der Waals surface area contributed by atoms with Gasteiger partial charge in [-0.05, 0) is 68.1 Å². The number of Topliss-reactive ketones (excluding diaryl/α,β-unsaturated/α-hetero) is 1. The van der Waals surface area contributed by atoms with Gasteiger partial charge in [0.25, 0.3) is 0 Å². The minimum atomic E-state index is -0.823. The molecule has 1 saturated carbocycles. The summed E-state index contributed by atoms with van der Waals surface area (Å²) >= 11 is 0. The normalized spacial score (nSPS) is 20.2. The molecule has 0 saturated heterocycles. The van der Waals surface area contributed by atoms with Gasteiger partial charge in [0.2, 0.25) is 0 Å². The molecule has 1 heterocycles. The Morgan fingerprint density at radius 2 is 1.71 bits per heavy atom. The van der Waals surface area contributed by atoms with Gasteiger partial charge in [-0.3, -0.25) is 4.79 Å². The zero-order valence-electron chi connectivity index (χ0n) is 20.8.